The van der Waals surface area contributed by atoms with Gasteiger partial charge in [0.05, 0.1) is 13.2 Å². The van der Waals surface area contributed by atoms with Gasteiger partial charge < -0.3 is 9.84 Å². The molecule has 110 valence electrons. The summed E-state index contributed by atoms with van der Waals surface area (Å²) >= 11 is 0. The maximum absolute atomic E-state index is 12.4. The number of rotatable bonds is 5. The minimum atomic E-state index is -3.57. The minimum Gasteiger partial charge on any atom is -0.392 e. The zero-order valence-corrected chi connectivity index (χ0v) is 12.1. The van der Waals surface area contributed by atoms with Crippen molar-refractivity contribution in [3.05, 3.63) is 35.5 Å². The molecule has 0 aromatic carbocycles. The zero-order chi connectivity index (χ0) is 14.6. The maximum Gasteiger partial charge on any atom is 0.260 e. The molecule has 2 heterocycles. The van der Waals surface area contributed by atoms with Gasteiger partial charge in [0.1, 0.15) is 0 Å². The van der Waals surface area contributed by atoms with E-state index in [1.165, 1.54) is 16.6 Å². The largest absolute Gasteiger partial charge is 0.392 e. The molecule has 1 aromatic rings. The SMILES string of the molecule is COCC1=CCN(S(=O)(=O)c2ccc(CO)cn2)CC1. The van der Waals surface area contributed by atoms with E-state index in [2.05, 4.69) is 4.98 Å². The summed E-state index contributed by atoms with van der Waals surface area (Å²) in [5.74, 6) is 0. The average molecular weight is 298 g/mol. The van der Waals surface area contributed by atoms with Gasteiger partial charge in [0, 0.05) is 26.4 Å². The van der Waals surface area contributed by atoms with Gasteiger partial charge in [0.25, 0.3) is 10.0 Å². The van der Waals surface area contributed by atoms with E-state index in [-0.39, 0.29) is 11.6 Å². The van der Waals surface area contributed by atoms with Gasteiger partial charge in [-0.1, -0.05) is 12.1 Å². The van der Waals surface area contributed by atoms with Crippen LogP contribution in [-0.2, 0) is 21.4 Å². The highest BCUT2D eigenvalue weighted by atomic mass is 32.2. The fraction of sp³-hybridized carbons (Fsp3) is 0.462. The van der Waals surface area contributed by atoms with Crippen molar-refractivity contribution in [2.24, 2.45) is 0 Å². The lowest BCUT2D eigenvalue weighted by molar-refractivity contribution is 0.219. The fourth-order valence-corrected chi connectivity index (χ4v) is 3.31. The molecular formula is C13H18N2O4S. The third-order valence-corrected chi connectivity index (χ3v) is 4.96. The Morgan fingerprint density at radius 3 is 2.75 bits per heavy atom. The van der Waals surface area contributed by atoms with Crippen LogP contribution in [0.5, 0.6) is 0 Å². The van der Waals surface area contributed by atoms with E-state index in [9.17, 15) is 8.42 Å². The first-order valence-corrected chi connectivity index (χ1v) is 7.74. The fourth-order valence-electron chi connectivity index (χ4n) is 2.02. The van der Waals surface area contributed by atoms with Gasteiger partial charge in [-0.25, -0.2) is 13.4 Å². The Morgan fingerprint density at radius 2 is 2.25 bits per heavy atom. The van der Waals surface area contributed by atoms with Gasteiger partial charge in [-0.3, -0.25) is 0 Å². The second-order valence-electron chi connectivity index (χ2n) is 4.57. The van der Waals surface area contributed by atoms with Gasteiger partial charge >= 0.3 is 0 Å². The van der Waals surface area contributed by atoms with E-state index in [1.54, 1.807) is 13.2 Å². The molecule has 0 atom stereocenters. The summed E-state index contributed by atoms with van der Waals surface area (Å²) in [6, 6.07) is 2.99. The van der Waals surface area contributed by atoms with Crippen molar-refractivity contribution >= 4 is 10.0 Å². The summed E-state index contributed by atoms with van der Waals surface area (Å²) in [6.45, 7) is 1.16. The van der Waals surface area contributed by atoms with Gasteiger partial charge in [-0.05, 0) is 23.6 Å². The number of nitrogens with zero attached hydrogens (tertiary/aromatic N) is 2. The Labute approximate surface area is 118 Å². The molecule has 1 aromatic heterocycles. The van der Waals surface area contributed by atoms with Crippen LogP contribution in [0.2, 0.25) is 0 Å². The van der Waals surface area contributed by atoms with Crippen LogP contribution in [0.15, 0.2) is 35.0 Å². The monoisotopic (exact) mass is 298 g/mol. The number of aromatic nitrogens is 1. The average Bonchev–Trinajstić information content (AvgIpc) is 2.48. The van der Waals surface area contributed by atoms with E-state index < -0.39 is 10.0 Å². The highest BCUT2D eigenvalue weighted by Gasteiger charge is 2.27. The van der Waals surface area contributed by atoms with E-state index >= 15 is 0 Å². The Kier molecular flexibility index (Phi) is 4.87. The van der Waals surface area contributed by atoms with Gasteiger partial charge in [-0.2, -0.15) is 4.31 Å². The van der Waals surface area contributed by atoms with Crippen molar-refractivity contribution in [1.29, 1.82) is 0 Å². The van der Waals surface area contributed by atoms with E-state index in [1.807, 2.05) is 6.08 Å². The van der Waals surface area contributed by atoms with Crippen LogP contribution in [-0.4, -0.2) is 49.6 Å². The third kappa shape index (κ3) is 3.24. The summed E-state index contributed by atoms with van der Waals surface area (Å²) in [4.78, 5) is 3.92. The van der Waals surface area contributed by atoms with Crippen LogP contribution in [0.3, 0.4) is 0 Å². The first-order valence-electron chi connectivity index (χ1n) is 6.30. The highest BCUT2D eigenvalue weighted by Crippen LogP contribution is 2.19. The zero-order valence-electron chi connectivity index (χ0n) is 11.3. The predicted molar refractivity (Wildman–Crippen MR) is 73.5 cm³/mol. The number of ether oxygens (including phenoxy) is 1. The Hall–Kier alpha value is -1.28. The molecule has 0 amide bonds. The van der Waals surface area contributed by atoms with Crippen molar-refractivity contribution in [2.45, 2.75) is 18.1 Å². The van der Waals surface area contributed by atoms with Crippen LogP contribution >= 0.6 is 0 Å². The molecule has 0 bridgehead atoms. The second kappa shape index (κ2) is 6.45. The van der Waals surface area contributed by atoms with Crippen molar-refractivity contribution in [3.63, 3.8) is 0 Å². The second-order valence-corrected chi connectivity index (χ2v) is 6.46. The summed E-state index contributed by atoms with van der Waals surface area (Å²) in [5, 5.41) is 8.95. The van der Waals surface area contributed by atoms with Gasteiger partial charge in [0.15, 0.2) is 5.03 Å². The van der Waals surface area contributed by atoms with E-state index in [0.29, 0.717) is 31.7 Å². The van der Waals surface area contributed by atoms with Gasteiger partial charge in [0.2, 0.25) is 0 Å². The summed E-state index contributed by atoms with van der Waals surface area (Å²) in [6.07, 6.45) is 3.93. The molecule has 0 saturated carbocycles. The van der Waals surface area contributed by atoms with Crippen LogP contribution < -0.4 is 0 Å². The summed E-state index contributed by atoms with van der Waals surface area (Å²) < 4.78 is 31.2. The van der Waals surface area contributed by atoms with Crippen molar-refractivity contribution < 1.29 is 18.3 Å². The molecule has 0 saturated heterocycles. The van der Waals surface area contributed by atoms with Crippen LogP contribution in [0.4, 0.5) is 0 Å². The van der Waals surface area contributed by atoms with Crippen LogP contribution in [0.1, 0.15) is 12.0 Å². The molecule has 0 radical (unpaired) electrons. The van der Waals surface area contributed by atoms with Crippen LogP contribution in [0.25, 0.3) is 0 Å². The molecule has 7 heteroatoms. The smallest absolute Gasteiger partial charge is 0.260 e. The minimum absolute atomic E-state index is 0.0123. The first kappa shape index (κ1) is 15.1. The standard InChI is InChI=1S/C13H18N2O4S/c1-19-10-11-4-6-15(7-5-11)20(17,18)13-3-2-12(9-16)8-14-13/h2-4,8,16H,5-7,9-10H2,1H3. The molecule has 2 rings (SSSR count). The number of sulfonamides is 1. The summed E-state index contributed by atoms with van der Waals surface area (Å²) in [5.41, 5.74) is 1.70. The number of hydrogen-bond donors (Lipinski definition) is 1. The van der Waals surface area contributed by atoms with Crippen LogP contribution in [0, 0.1) is 0 Å². The lowest BCUT2D eigenvalue weighted by Crippen LogP contribution is -2.35. The number of hydrogen-bond acceptors (Lipinski definition) is 5. The number of methoxy groups -OCH3 is 1. The van der Waals surface area contributed by atoms with Crippen molar-refractivity contribution in [1.82, 2.24) is 9.29 Å². The molecule has 0 fully saturated rings. The topological polar surface area (TPSA) is 79.7 Å². The van der Waals surface area contributed by atoms with Crippen molar-refractivity contribution in [2.75, 3.05) is 26.8 Å². The van der Waals surface area contributed by atoms with Gasteiger partial charge in [-0.15, -0.1) is 0 Å². The first-order chi connectivity index (χ1) is 9.57. The molecule has 6 nitrogen and oxygen atoms in total. The normalized spacial score (nSPS) is 17.0. The number of aliphatic hydroxyl groups excluding tert-OH is 1. The lowest BCUT2D eigenvalue weighted by atomic mass is 10.1. The molecule has 0 aliphatic carbocycles. The molecule has 1 aliphatic rings. The predicted octanol–water partition coefficient (Wildman–Crippen LogP) is 0.541. The molecule has 0 spiro atoms. The number of aliphatic hydroxyl groups is 1. The third-order valence-electron chi connectivity index (χ3n) is 3.18. The molecule has 20 heavy (non-hydrogen) atoms. The molecule has 1 N–H and O–H groups in total. The number of pyridine rings is 1. The van der Waals surface area contributed by atoms with E-state index in [4.69, 9.17) is 9.84 Å². The molecule has 1 aliphatic heterocycles. The van der Waals surface area contributed by atoms with E-state index in [0.717, 1.165) is 5.57 Å². The molecular weight excluding hydrogens is 280 g/mol. The van der Waals surface area contributed by atoms with Crippen molar-refractivity contribution in [3.8, 4) is 0 Å². The summed E-state index contributed by atoms with van der Waals surface area (Å²) in [7, 11) is -1.95. The maximum atomic E-state index is 12.4. The molecule has 0 unspecified atom stereocenters. The Morgan fingerprint density at radius 1 is 1.45 bits per heavy atom. The quantitative estimate of drug-likeness (QED) is 0.803. The lowest BCUT2D eigenvalue weighted by Gasteiger charge is -2.25. The Bertz CT molecular complexity index is 581. The Balaban J connectivity index is 2.15. The highest BCUT2D eigenvalue weighted by molar-refractivity contribution is 7.89.